The summed E-state index contributed by atoms with van der Waals surface area (Å²) < 4.78 is 0. The molecule has 0 radical (unpaired) electrons. The fourth-order valence-corrected chi connectivity index (χ4v) is 3.09. The lowest BCUT2D eigenvalue weighted by Gasteiger charge is -2.45. The van der Waals surface area contributed by atoms with Gasteiger partial charge in [0.25, 0.3) is 0 Å². The number of rotatable bonds is 4. The molecule has 0 aromatic carbocycles. The summed E-state index contributed by atoms with van der Waals surface area (Å²) in [5.74, 6) is 0.834. The minimum absolute atomic E-state index is 0.306. The minimum atomic E-state index is 0.306. The minimum Gasteiger partial charge on any atom is -0.383 e. The van der Waals surface area contributed by atoms with Crippen LogP contribution in [0.3, 0.4) is 0 Å². The average molecular weight is 247 g/mol. The quantitative estimate of drug-likeness (QED) is 0.886. The predicted molar refractivity (Wildman–Crippen MR) is 76.8 cm³/mol. The third-order valence-corrected chi connectivity index (χ3v) is 4.32. The van der Waals surface area contributed by atoms with Gasteiger partial charge in [-0.3, -0.25) is 4.98 Å². The van der Waals surface area contributed by atoms with Crippen LogP contribution in [0.4, 0.5) is 5.69 Å². The first-order chi connectivity index (χ1) is 8.62. The van der Waals surface area contributed by atoms with E-state index >= 15 is 0 Å². The van der Waals surface area contributed by atoms with Gasteiger partial charge in [0.1, 0.15) is 0 Å². The SMILES string of the molecule is CC1CCCC(CNc2ccncc2)(N(C)C)C1. The van der Waals surface area contributed by atoms with E-state index < -0.39 is 0 Å². The molecule has 1 aromatic heterocycles. The summed E-state index contributed by atoms with van der Waals surface area (Å²) >= 11 is 0. The van der Waals surface area contributed by atoms with E-state index in [1.165, 1.54) is 31.4 Å². The molecule has 100 valence electrons. The zero-order chi connectivity index (χ0) is 13.0. The van der Waals surface area contributed by atoms with Gasteiger partial charge in [0.2, 0.25) is 0 Å². The Morgan fingerprint density at radius 1 is 1.39 bits per heavy atom. The van der Waals surface area contributed by atoms with Crippen molar-refractivity contribution >= 4 is 5.69 Å². The normalized spacial score (nSPS) is 28.3. The fraction of sp³-hybridized carbons (Fsp3) is 0.667. The standard InChI is InChI=1S/C15H25N3/c1-13-5-4-8-15(11-13,18(2)3)12-17-14-6-9-16-10-7-14/h6-7,9-10,13H,4-5,8,11-12H2,1-3H3,(H,16,17). The summed E-state index contributed by atoms with van der Waals surface area (Å²) in [6, 6.07) is 4.07. The largest absolute Gasteiger partial charge is 0.383 e. The van der Waals surface area contributed by atoms with E-state index in [1.807, 2.05) is 24.5 Å². The molecule has 1 N–H and O–H groups in total. The molecule has 1 heterocycles. The third-order valence-electron chi connectivity index (χ3n) is 4.32. The van der Waals surface area contributed by atoms with Crippen molar-refractivity contribution in [2.75, 3.05) is 26.0 Å². The van der Waals surface area contributed by atoms with Crippen LogP contribution >= 0.6 is 0 Å². The van der Waals surface area contributed by atoms with Crippen LogP contribution in [0, 0.1) is 5.92 Å². The molecule has 0 amide bonds. The van der Waals surface area contributed by atoms with E-state index in [-0.39, 0.29) is 0 Å². The van der Waals surface area contributed by atoms with E-state index in [1.54, 1.807) is 0 Å². The van der Waals surface area contributed by atoms with Crippen molar-refractivity contribution in [1.82, 2.24) is 9.88 Å². The number of nitrogens with zero attached hydrogens (tertiary/aromatic N) is 2. The Morgan fingerprint density at radius 3 is 2.72 bits per heavy atom. The second-order valence-electron chi connectivity index (χ2n) is 5.91. The zero-order valence-corrected chi connectivity index (χ0v) is 11.8. The summed E-state index contributed by atoms with van der Waals surface area (Å²) in [6.45, 7) is 3.40. The van der Waals surface area contributed by atoms with Gasteiger partial charge >= 0.3 is 0 Å². The summed E-state index contributed by atoms with van der Waals surface area (Å²) in [6.07, 6.45) is 8.99. The van der Waals surface area contributed by atoms with Crippen LogP contribution in [0.2, 0.25) is 0 Å². The molecule has 1 aliphatic carbocycles. The van der Waals surface area contributed by atoms with Crippen molar-refractivity contribution in [3.8, 4) is 0 Å². The number of hydrogen-bond donors (Lipinski definition) is 1. The lowest BCUT2D eigenvalue weighted by molar-refractivity contribution is 0.0882. The smallest absolute Gasteiger partial charge is 0.0378 e. The van der Waals surface area contributed by atoms with Crippen molar-refractivity contribution < 1.29 is 0 Å². The van der Waals surface area contributed by atoms with E-state index in [2.05, 4.69) is 36.2 Å². The number of anilines is 1. The second-order valence-corrected chi connectivity index (χ2v) is 5.91. The van der Waals surface area contributed by atoms with Gasteiger partial charge in [0.05, 0.1) is 0 Å². The molecule has 0 aliphatic heterocycles. The summed E-state index contributed by atoms with van der Waals surface area (Å²) in [5, 5.41) is 3.58. The van der Waals surface area contributed by atoms with Gasteiger partial charge in [0, 0.05) is 30.2 Å². The molecule has 1 aliphatic rings. The van der Waals surface area contributed by atoms with E-state index in [0.29, 0.717) is 5.54 Å². The topological polar surface area (TPSA) is 28.2 Å². The van der Waals surface area contributed by atoms with Crippen LogP contribution in [0.15, 0.2) is 24.5 Å². The van der Waals surface area contributed by atoms with Gasteiger partial charge in [-0.1, -0.05) is 19.8 Å². The van der Waals surface area contributed by atoms with Crippen molar-refractivity contribution in [3.63, 3.8) is 0 Å². The van der Waals surface area contributed by atoms with Crippen LogP contribution in [-0.4, -0.2) is 36.1 Å². The molecule has 1 fully saturated rings. The molecule has 2 unspecified atom stereocenters. The summed E-state index contributed by atoms with van der Waals surface area (Å²) in [5.41, 5.74) is 1.48. The number of hydrogen-bond acceptors (Lipinski definition) is 3. The molecule has 1 saturated carbocycles. The van der Waals surface area contributed by atoms with Gasteiger partial charge in [-0.25, -0.2) is 0 Å². The van der Waals surface area contributed by atoms with Gasteiger partial charge in [0.15, 0.2) is 0 Å². The summed E-state index contributed by atoms with van der Waals surface area (Å²) in [4.78, 5) is 6.47. The Morgan fingerprint density at radius 2 is 2.11 bits per heavy atom. The summed E-state index contributed by atoms with van der Waals surface area (Å²) in [7, 11) is 4.43. The molecular weight excluding hydrogens is 222 g/mol. The molecule has 3 heteroatoms. The number of pyridine rings is 1. The van der Waals surface area contributed by atoms with Crippen LogP contribution in [0.25, 0.3) is 0 Å². The number of aromatic nitrogens is 1. The van der Waals surface area contributed by atoms with E-state index in [9.17, 15) is 0 Å². The van der Waals surface area contributed by atoms with E-state index in [4.69, 9.17) is 0 Å². The Kier molecular flexibility index (Phi) is 4.23. The first kappa shape index (κ1) is 13.3. The highest BCUT2D eigenvalue weighted by molar-refractivity contribution is 5.41. The molecule has 0 spiro atoms. The van der Waals surface area contributed by atoms with Gasteiger partial charge in [-0.2, -0.15) is 0 Å². The van der Waals surface area contributed by atoms with Gasteiger partial charge < -0.3 is 10.2 Å². The Hall–Kier alpha value is -1.09. The lowest BCUT2D eigenvalue weighted by Crippen LogP contribution is -2.52. The second kappa shape index (κ2) is 5.70. The number of likely N-dealkylation sites (N-methyl/N-ethyl adjacent to an activating group) is 1. The highest BCUT2D eigenvalue weighted by Gasteiger charge is 2.36. The molecule has 0 saturated heterocycles. The van der Waals surface area contributed by atoms with Crippen LogP contribution in [-0.2, 0) is 0 Å². The van der Waals surface area contributed by atoms with Crippen LogP contribution in [0.5, 0.6) is 0 Å². The highest BCUT2D eigenvalue weighted by Crippen LogP contribution is 2.35. The van der Waals surface area contributed by atoms with Crippen LogP contribution < -0.4 is 5.32 Å². The van der Waals surface area contributed by atoms with Crippen molar-refractivity contribution in [3.05, 3.63) is 24.5 Å². The molecule has 18 heavy (non-hydrogen) atoms. The molecule has 2 atom stereocenters. The molecular formula is C15H25N3. The van der Waals surface area contributed by atoms with Gasteiger partial charge in [-0.05, 0) is 45.0 Å². The maximum Gasteiger partial charge on any atom is 0.0378 e. The van der Waals surface area contributed by atoms with Crippen molar-refractivity contribution in [1.29, 1.82) is 0 Å². The Labute approximate surface area is 111 Å². The lowest BCUT2D eigenvalue weighted by atomic mass is 9.75. The monoisotopic (exact) mass is 247 g/mol. The zero-order valence-electron chi connectivity index (χ0n) is 11.8. The van der Waals surface area contributed by atoms with Crippen LogP contribution in [0.1, 0.15) is 32.6 Å². The van der Waals surface area contributed by atoms with Crippen molar-refractivity contribution in [2.24, 2.45) is 5.92 Å². The molecule has 0 bridgehead atoms. The van der Waals surface area contributed by atoms with E-state index in [0.717, 1.165) is 12.5 Å². The molecule has 1 aromatic rings. The number of nitrogens with one attached hydrogen (secondary N) is 1. The van der Waals surface area contributed by atoms with Gasteiger partial charge in [-0.15, -0.1) is 0 Å². The maximum absolute atomic E-state index is 4.05. The Bertz CT molecular complexity index is 363. The highest BCUT2D eigenvalue weighted by atomic mass is 15.2. The predicted octanol–water partition coefficient (Wildman–Crippen LogP) is 3.00. The molecule has 3 nitrogen and oxygen atoms in total. The maximum atomic E-state index is 4.05. The Balaban J connectivity index is 2.02. The average Bonchev–Trinajstić information content (AvgIpc) is 2.37. The third kappa shape index (κ3) is 3.02. The first-order valence-electron chi connectivity index (χ1n) is 6.94. The first-order valence-corrected chi connectivity index (χ1v) is 6.94. The van der Waals surface area contributed by atoms with Crippen molar-refractivity contribution in [2.45, 2.75) is 38.1 Å². The molecule has 2 rings (SSSR count). The fourth-order valence-electron chi connectivity index (χ4n) is 3.09.